The van der Waals surface area contributed by atoms with Gasteiger partial charge >= 0.3 is 5.97 Å². The Morgan fingerprint density at radius 2 is 1.83 bits per heavy atom. The van der Waals surface area contributed by atoms with Gasteiger partial charge in [-0.15, -0.1) is 0 Å². The molecular weight excluding hydrogens is 226 g/mol. The van der Waals surface area contributed by atoms with Crippen molar-refractivity contribution in [2.75, 3.05) is 0 Å². The highest BCUT2D eigenvalue weighted by Crippen LogP contribution is 2.26. The van der Waals surface area contributed by atoms with Crippen molar-refractivity contribution in [3.05, 3.63) is 61.3 Å². The Hall–Kier alpha value is -2.55. The van der Waals surface area contributed by atoms with E-state index in [0.29, 0.717) is 5.69 Å². The lowest BCUT2D eigenvalue weighted by Crippen LogP contribution is -2.03. The molecule has 1 aromatic heterocycles. The van der Waals surface area contributed by atoms with Gasteiger partial charge in [0.05, 0.1) is 17.0 Å². The van der Waals surface area contributed by atoms with Crippen LogP contribution in [-0.2, 0) is 4.79 Å². The summed E-state index contributed by atoms with van der Waals surface area (Å²) in [6.07, 6.45) is 1.59. The Bertz CT molecular complexity index is 609. The van der Waals surface area contributed by atoms with E-state index in [1.807, 2.05) is 36.4 Å². The Morgan fingerprint density at radius 1 is 1.17 bits per heavy atom. The van der Waals surface area contributed by atoms with Crippen LogP contribution in [0.1, 0.15) is 5.69 Å². The standard InChI is InChI=1S/C15H13NO2/c1-3-16-13(11(2)15(17)18)9-10-14(16)12-7-5-4-6-8-12/h3-10H,1-2H2,(H,17,18). The maximum atomic E-state index is 11.0. The summed E-state index contributed by atoms with van der Waals surface area (Å²) in [5.74, 6) is -1.03. The van der Waals surface area contributed by atoms with Crippen molar-refractivity contribution in [2.24, 2.45) is 0 Å². The molecule has 18 heavy (non-hydrogen) atoms. The van der Waals surface area contributed by atoms with E-state index in [4.69, 9.17) is 5.11 Å². The van der Waals surface area contributed by atoms with E-state index in [9.17, 15) is 4.79 Å². The highest BCUT2D eigenvalue weighted by molar-refractivity contribution is 6.14. The smallest absolute Gasteiger partial charge is 0.337 e. The number of hydrogen-bond donors (Lipinski definition) is 1. The molecule has 2 aromatic rings. The van der Waals surface area contributed by atoms with Crippen LogP contribution in [-0.4, -0.2) is 15.6 Å². The molecule has 0 atom stereocenters. The van der Waals surface area contributed by atoms with Gasteiger partial charge in [-0.1, -0.05) is 43.5 Å². The first kappa shape index (κ1) is 11.9. The van der Waals surface area contributed by atoms with Gasteiger partial charge in [0, 0.05) is 6.20 Å². The fourth-order valence-electron chi connectivity index (χ4n) is 1.84. The first-order chi connectivity index (χ1) is 8.65. The van der Waals surface area contributed by atoms with Gasteiger partial charge in [-0.25, -0.2) is 4.79 Å². The molecule has 1 heterocycles. The largest absolute Gasteiger partial charge is 0.478 e. The van der Waals surface area contributed by atoms with Crippen LogP contribution in [0.5, 0.6) is 0 Å². The molecule has 0 unspecified atom stereocenters. The van der Waals surface area contributed by atoms with Crippen molar-refractivity contribution in [1.29, 1.82) is 0 Å². The number of hydrogen-bond acceptors (Lipinski definition) is 1. The van der Waals surface area contributed by atoms with Gasteiger partial charge in [-0.05, 0) is 17.7 Å². The van der Waals surface area contributed by atoms with Crippen molar-refractivity contribution in [1.82, 2.24) is 4.57 Å². The number of carboxylic acids is 1. The van der Waals surface area contributed by atoms with E-state index in [2.05, 4.69) is 13.2 Å². The molecule has 0 saturated heterocycles. The Morgan fingerprint density at radius 3 is 2.39 bits per heavy atom. The van der Waals surface area contributed by atoms with Gasteiger partial charge in [0.2, 0.25) is 0 Å². The highest BCUT2D eigenvalue weighted by Gasteiger charge is 2.14. The Balaban J connectivity index is 2.56. The molecule has 3 nitrogen and oxygen atoms in total. The third-order valence-electron chi connectivity index (χ3n) is 2.74. The predicted octanol–water partition coefficient (Wildman–Crippen LogP) is 3.35. The second kappa shape index (κ2) is 4.75. The Labute approximate surface area is 105 Å². The lowest BCUT2D eigenvalue weighted by molar-refractivity contribution is -0.130. The zero-order chi connectivity index (χ0) is 13.1. The average Bonchev–Trinajstić information content (AvgIpc) is 2.82. The molecule has 90 valence electrons. The highest BCUT2D eigenvalue weighted by atomic mass is 16.4. The van der Waals surface area contributed by atoms with Crippen LogP contribution in [0.3, 0.4) is 0 Å². The van der Waals surface area contributed by atoms with E-state index < -0.39 is 5.97 Å². The lowest BCUT2D eigenvalue weighted by atomic mass is 10.1. The van der Waals surface area contributed by atoms with Crippen molar-refractivity contribution >= 4 is 17.7 Å². The summed E-state index contributed by atoms with van der Waals surface area (Å²) in [4.78, 5) is 11.0. The normalized spacial score (nSPS) is 10.0. The molecular formula is C15H13NO2. The van der Waals surface area contributed by atoms with Crippen LogP contribution in [0.15, 0.2) is 55.6 Å². The molecule has 3 heteroatoms. The van der Waals surface area contributed by atoms with E-state index >= 15 is 0 Å². The number of nitrogens with zero attached hydrogens (tertiary/aromatic N) is 1. The second-order valence-corrected chi connectivity index (χ2v) is 3.81. The molecule has 0 radical (unpaired) electrons. The molecule has 0 aliphatic carbocycles. The molecule has 0 saturated carbocycles. The average molecular weight is 239 g/mol. The summed E-state index contributed by atoms with van der Waals surface area (Å²) in [6, 6.07) is 13.3. The van der Waals surface area contributed by atoms with Crippen molar-refractivity contribution in [3.63, 3.8) is 0 Å². The summed E-state index contributed by atoms with van der Waals surface area (Å²) < 4.78 is 1.73. The summed E-state index contributed by atoms with van der Waals surface area (Å²) >= 11 is 0. The van der Waals surface area contributed by atoms with Gasteiger partial charge in [0.25, 0.3) is 0 Å². The third-order valence-corrected chi connectivity index (χ3v) is 2.74. The van der Waals surface area contributed by atoms with E-state index in [1.54, 1.807) is 16.8 Å². The summed E-state index contributed by atoms with van der Waals surface area (Å²) in [5, 5.41) is 8.99. The van der Waals surface area contributed by atoms with Gasteiger partial charge in [0.15, 0.2) is 0 Å². The monoisotopic (exact) mass is 239 g/mol. The van der Waals surface area contributed by atoms with Crippen LogP contribution in [0, 0.1) is 0 Å². The summed E-state index contributed by atoms with van der Waals surface area (Å²) in [6.45, 7) is 7.29. The van der Waals surface area contributed by atoms with Gasteiger partial charge in [-0.2, -0.15) is 0 Å². The first-order valence-electron chi connectivity index (χ1n) is 5.47. The van der Waals surface area contributed by atoms with Gasteiger partial charge in [0.1, 0.15) is 0 Å². The van der Waals surface area contributed by atoms with Crippen LogP contribution in [0.25, 0.3) is 23.0 Å². The van der Waals surface area contributed by atoms with Crippen molar-refractivity contribution < 1.29 is 9.90 Å². The maximum Gasteiger partial charge on any atom is 0.337 e. The molecule has 0 bridgehead atoms. The molecule has 0 amide bonds. The van der Waals surface area contributed by atoms with Crippen molar-refractivity contribution in [2.45, 2.75) is 0 Å². The van der Waals surface area contributed by atoms with E-state index in [-0.39, 0.29) is 5.57 Å². The van der Waals surface area contributed by atoms with Gasteiger partial charge in [-0.3, -0.25) is 0 Å². The number of aromatic nitrogens is 1. The zero-order valence-corrected chi connectivity index (χ0v) is 9.84. The van der Waals surface area contributed by atoms with E-state index in [0.717, 1.165) is 11.3 Å². The quantitative estimate of drug-likeness (QED) is 0.831. The summed E-state index contributed by atoms with van der Waals surface area (Å²) in [5.41, 5.74) is 2.48. The predicted molar refractivity (Wildman–Crippen MR) is 72.9 cm³/mol. The summed E-state index contributed by atoms with van der Waals surface area (Å²) in [7, 11) is 0. The van der Waals surface area contributed by atoms with Gasteiger partial charge < -0.3 is 9.67 Å². The van der Waals surface area contributed by atoms with Crippen LogP contribution in [0.2, 0.25) is 0 Å². The van der Waals surface area contributed by atoms with Crippen LogP contribution in [0.4, 0.5) is 0 Å². The lowest BCUT2D eigenvalue weighted by Gasteiger charge is -2.08. The maximum absolute atomic E-state index is 11.0. The number of carbonyl (C=O) groups is 1. The van der Waals surface area contributed by atoms with Crippen LogP contribution < -0.4 is 0 Å². The third kappa shape index (κ3) is 1.98. The molecule has 1 aromatic carbocycles. The first-order valence-corrected chi connectivity index (χ1v) is 5.47. The number of benzene rings is 1. The number of carboxylic acid groups (broad SMARTS) is 1. The SMILES string of the molecule is C=Cn1c(C(=C)C(=O)O)ccc1-c1ccccc1. The zero-order valence-electron chi connectivity index (χ0n) is 9.84. The minimum absolute atomic E-state index is 0.0529. The number of aliphatic carboxylic acids is 1. The fourth-order valence-corrected chi connectivity index (χ4v) is 1.84. The Kier molecular flexibility index (Phi) is 3.15. The molecule has 2 rings (SSSR count). The van der Waals surface area contributed by atoms with E-state index in [1.165, 1.54) is 0 Å². The molecule has 1 N–H and O–H groups in total. The molecule has 0 aliphatic rings. The number of rotatable bonds is 4. The van der Waals surface area contributed by atoms with Crippen LogP contribution >= 0.6 is 0 Å². The van der Waals surface area contributed by atoms with Crippen molar-refractivity contribution in [3.8, 4) is 11.3 Å². The topological polar surface area (TPSA) is 42.2 Å². The molecule has 0 spiro atoms. The molecule has 0 fully saturated rings. The fraction of sp³-hybridized carbons (Fsp3) is 0. The minimum Gasteiger partial charge on any atom is -0.478 e. The molecule has 0 aliphatic heterocycles. The second-order valence-electron chi connectivity index (χ2n) is 3.81. The minimum atomic E-state index is -1.03.